The Labute approximate surface area is 199 Å². The van der Waals surface area contributed by atoms with Crippen LogP contribution in [-0.2, 0) is 32.1 Å². The molecule has 0 amide bonds. The molecule has 0 radical (unpaired) electrons. The van der Waals surface area contributed by atoms with Crippen LogP contribution in [0.4, 0.5) is 0 Å². The van der Waals surface area contributed by atoms with Gasteiger partial charge >= 0.3 is 0 Å². The zero-order valence-electron chi connectivity index (χ0n) is 20.2. The molecule has 0 bridgehead atoms. The first-order chi connectivity index (χ1) is 16.2. The molecule has 0 aliphatic carbocycles. The van der Waals surface area contributed by atoms with Crippen molar-refractivity contribution in [2.24, 2.45) is 7.05 Å². The van der Waals surface area contributed by atoms with Gasteiger partial charge in [-0.05, 0) is 13.0 Å². The average Bonchev–Trinajstić information content (AvgIpc) is 3.43. The highest BCUT2D eigenvalue weighted by atomic mass is 32.2. The lowest BCUT2D eigenvalue weighted by molar-refractivity contribution is 0.0889. The second-order valence-corrected chi connectivity index (χ2v) is 10.4. The highest BCUT2D eigenvalue weighted by molar-refractivity contribution is 7.91. The molecule has 3 aromatic rings. The van der Waals surface area contributed by atoms with E-state index < -0.39 is 21.0 Å². The monoisotopic (exact) mass is 493 g/mol. The Balaban J connectivity index is 1.95. The molecule has 3 rings (SSSR count). The van der Waals surface area contributed by atoms with Crippen LogP contribution >= 0.6 is 0 Å². The third-order valence-corrected chi connectivity index (χ3v) is 7.92. The lowest BCUT2D eigenvalue weighted by Gasteiger charge is -2.22. The molecule has 0 saturated heterocycles. The number of sulfone groups is 1. The van der Waals surface area contributed by atoms with Gasteiger partial charge < -0.3 is 18.8 Å². The summed E-state index contributed by atoms with van der Waals surface area (Å²) in [5, 5.41) is 12.2. The first-order valence-electron chi connectivity index (χ1n) is 10.7. The largest absolute Gasteiger partial charge is 0.480 e. The Bertz CT molecular complexity index is 1170. The van der Waals surface area contributed by atoms with Gasteiger partial charge in [-0.1, -0.05) is 6.92 Å². The molecule has 0 spiro atoms. The smallest absolute Gasteiger partial charge is 0.231 e. The topological polar surface area (TPSA) is 136 Å². The van der Waals surface area contributed by atoms with E-state index in [2.05, 4.69) is 25.3 Å². The van der Waals surface area contributed by atoms with Crippen LogP contribution < -0.4 is 4.74 Å². The third-order valence-electron chi connectivity index (χ3n) is 5.72. The number of nitrogens with zero attached hydrogens (tertiary/aromatic N) is 7. The molecule has 0 aliphatic heterocycles. The zero-order chi connectivity index (χ0) is 24.9. The van der Waals surface area contributed by atoms with Crippen molar-refractivity contribution in [1.82, 2.24) is 34.5 Å². The van der Waals surface area contributed by atoms with Crippen molar-refractivity contribution in [2.75, 3.05) is 34.5 Å². The third kappa shape index (κ3) is 5.59. The lowest BCUT2D eigenvalue weighted by atomic mass is 10.1. The number of rotatable bonds is 12. The summed E-state index contributed by atoms with van der Waals surface area (Å²) < 4.78 is 46.0. The van der Waals surface area contributed by atoms with E-state index in [0.717, 1.165) is 0 Å². The van der Waals surface area contributed by atoms with E-state index in [0.29, 0.717) is 28.9 Å². The number of ether oxygens (including phenoxy) is 3. The lowest BCUT2D eigenvalue weighted by Crippen LogP contribution is -2.29. The molecule has 3 aromatic heterocycles. The summed E-state index contributed by atoms with van der Waals surface area (Å²) in [5.74, 6) is 0.394. The maximum atomic E-state index is 13.4. The minimum atomic E-state index is -3.66. The van der Waals surface area contributed by atoms with Gasteiger partial charge in [0.2, 0.25) is 5.88 Å². The van der Waals surface area contributed by atoms with Crippen LogP contribution in [0.1, 0.15) is 37.3 Å². The van der Waals surface area contributed by atoms with Gasteiger partial charge in [-0.2, -0.15) is 5.10 Å². The van der Waals surface area contributed by atoms with E-state index in [-0.39, 0.29) is 25.0 Å². The van der Waals surface area contributed by atoms with Gasteiger partial charge in [-0.25, -0.2) is 13.4 Å². The number of methoxy groups -OCH3 is 3. The van der Waals surface area contributed by atoms with Crippen LogP contribution in [0.2, 0.25) is 0 Å². The molecule has 0 saturated carbocycles. The molecule has 2 atom stereocenters. The molecule has 0 fully saturated rings. The predicted molar refractivity (Wildman–Crippen MR) is 124 cm³/mol. The first kappa shape index (κ1) is 25.7. The quantitative estimate of drug-likeness (QED) is 0.364. The molecule has 0 aliphatic rings. The van der Waals surface area contributed by atoms with Gasteiger partial charge in [0.15, 0.2) is 15.7 Å². The van der Waals surface area contributed by atoms with Crippen molar-refractivity contribution in [3.8, 4) is 17.4 Å². The van der Waals surface area contributed by atoms with Gasteiger partial charge in [0.25, 0.3) is 0 Å². The molecule has 3 heterocycles. The van der Waals surface area contributed by atoms with E-state index in [1.54, 1.807) is 56.6 Å². The van der Waals surface area contributed by atoms with Crippen molar-refractivity contribution in [1.29, 1.82) is 0 Å². The minimum Gasteiger partial charge on any atom is -0.480 e. The SMILES string of the molecule is COCC(COC)n1c(CS(=O)(=O)[C@@H](C)[C@H](C)c2cnc(OC)cn2)nnc1-c1ccn(C)n1. The number of aryl methyl sites for hydroxylation is 1. The second kappa shape index (κ2) is 11.0. The summed E-state index contributed by atoms with van der Waals surface area (Å²) in [5.41, 5.74) is 1.13. The summed E-state index contributed by atoms with van der Waals surface area (Å²) in [6, 6.07) is 1.45. The summed E-state index contributed by atoms with van der Waals surface area (Å²) >= 11 is 0. The highest BCUT2D eigenvalue weighted by Crippen LogP contribution is 2.28. The summed E-state index contributed by atoms with van der Waals surface area (Å²) in [4.78, 5) is 8.44. The first-order valence-corrected chi connectivity index (χ1v) is 12.4. The van der Waals surface area contributed by atoms with E-state index in [1.807, 2.05) is 0 Å². The van der Waals surface area contributed by atoms with Gasteiger partial charge in [-0.15, -0.1) is 10.2 Å². The van der Waals surface area contributed by atoms with Crippen LogP contribution in [0.5, 0.6) is 5.88 Å². The predicted octanol–water partition coefficient (Wildman–Crippen LogP) is 1.42. The molecule has 0 unspecified atom stereocenters. The van der Waals surface area contributed by atoms with E-state index in [1.165, 1.54) is 19.5 Å². The fraction of sp³-hybridized carbons (Fsp3) is 0.571. The van der Waals surface area contributed by atoms with Crippen LogP contribution in [-0.4, -0.2) is 82.7 Å². The van der Waals surface area contributed by atoms with Crippen molar-refractivity contribution >= 4 is 9.84 Å². The standard InChI is InChI=1S/C21H31N7O5S/c1-14(18-9-23-20(33-6)10-22-18)15(2)34(29,30)13-19-24-25-21(17-7-8-27(3)26-17)28(19)16(11-31-4)12-32-5/h7-10,14-16H,11-13H2,1-6H3/t14-,15-/m0/s1. The van der Waals surface area contributed by atoms with Crippen molar-refractivity contribution in [3.63, 3.8) is 0 Å². The van der Waals surface area contributed by atoms with E-state index in [9.17, 15) is 8.42 Å². The Morgan fingerprint density at radius 1 is 1.03 bits per heavy atom. The van der Waals surface area contributed by atoms with E-state index >= 15 is 0 Å². The maximum Gasteiger partial charge on any atom is 0.231 e. The number of hydrogen-bond donors (Lipinski definition) is 0. The molecular formula is C21H31N7O5S. The highest BCUT2D eigenvalue weighted by Gasteiger charge is 2.32. The van der Waals surface area contributed by atoms with Crippen LogP contribution in [0, 0.1) is 0 Å². The normalized spacial score (nSPS) is 13.9. The molecule has 13 heteroatoms. The summed E-state index contributed by atoms with van der Waals surface area (Å²) in [6.07, 6.45) is 4.79. The van der Waals surface area contributed by atoms with Crippen LogP contribution in [0.15, 0.2) is 24.7 Å². The van der Waals surface area contributed by atoms with Crippen molar-refractivity contribution in [2.45, 2.75) is 36.8 Å². The van der Waals surface area contributed by atoms with Crippen molar-refractivity contribution < 1.29 is 22.6 Å². The van der Waals surface area contributed by atoms with Gasteiger partial charge in [0.1, 0.15) is 17.3 Å². The Kier molecular flexibility index (Phi) is 8.33. The number of hydrogen-bond acceptors (Lipinski definition) is 10. The molecule has 0 N–H and O–H groups in total. The fourth-order valence-electron chi connectivity index (χ4n) is 3.63. The summed E-state index contributed by atoms with van der Waals surface area (Å²) in [6.45, 7) is 4.04. The molecule has 12 nitrogen and oxygen atoms in total. The molecule has 0 aromatic carbocycles. The summed E-state index contributed by atoms with van der Waals surface area (Å²) in [7, 11) is 2.78. The Morgan fingerprint density at radius 2 is 1.74 bits per heavy atom. The molecule has 34 heavy (non-hydrogen) atoms. The van der Waals surface area contributed by atoms with Crippen LogP contribution in [0.25, 0.3) is 11.5 Å². The van der Waals surface area contributed by atoms with Crippen molar-refractivity contribution in [3.05, 3.63) is 36.2 Å². The van der Waals surface area contributed by atoms with Crippen LogP contribution in [0.3, 0.4) is 0 Å². The second-order valence-electron chi connectivity index (χ2n) is 8.03. The zero-order valence-corrected chi connectivity index (χ0v) is 21.1. The van der Waals surface area contributed by atoms with Gasteiger partial charge in [0, 0.05) is 33.4 Å². The molecular weight excluding hydrogens is 462 g/mol. The minimum absolute atomic E-state index is 0.284. The Hall–Kier alpha value is -2.90. The average molecular weight is 494 g/mol. The number of aromatic nitrogens is 7. The fourth-order valence-corrected chi connectivity index (χ4v) is 5.21. The Morgan fingerprint density at radius 3 is 2.26 bits per heavy atom. The van der Waals surface area contributed by atoms with E-state index in [4.69, 9.17) is 14.2 Å². The molecule has 186 valence electrons. The maximum absolute atomic E-state index is 13.4. The van der Waals surface area contributed by atoms with Gasteiger partial charge in [-0.3, -0.25) is 9.67 Å². The van der Waals surface area contributed by atoms with Gasteiger partial charge in [0.05, 0.1) is 49.7 Å².